The van der Waals surface area contributed by atoms with E-state index in [4.69, 9.17) is 25.2 Å². The predicted molar refractivity (Wildman–Crippen MR) is 46.2 cm³/mol. The lowest BCUT2D eigenvalue weighted by atomic mass is 10.2. The predicted octanol–water partition coefficient (Wildman–Crippen LogP) is -1.51. The maximum absolute atomic E-state index is 9.13. The van der Waals surface area contributed by atoms with Gasteiger partial charge in [-0.05, 0) is 13.8 Å². The van der Waals surface area contributed by atoms with Crippen LogP contribution in [0.15, 0.2) is 0 Å². The zero-order chi connectivity index (χ0) is 10.4. The first-order valence-electron chi connectivity index (χ1n) is 4.26. The highest BCUT2D eigenvalue weighted by atomic mass is 16.5. The van der Waals surface area contributed by atoms with Crippen LogP contribution in [0.2, 0.25) is 0 Å². The lowest BCUT2D eigenvalue weighted by molar-refractivity contribution is -0.129. The second kappa shape index (κ2) is 6.28. The van der Waals surface area contributed by atoms with E-state index >= 15 is 0 Å². The van der Waals surface area contributed by atoms with Crippen molar-refractivity contribution < 1.29 is 25.2 Å². The average molecular weight is 194 g/mol. The van der Waals surface area contributed by atoms with Gasteiger partial charge in [0.2, 0.25) is 0 Å². The molecule has 0 aromatic rings. The van der Waals surface area contributed by atoms with Crippen LogP contribution in [0.5, 0.6) is 0 Å². The Morgan fingerprint density at radius 3 is 1.92 bits per heavy atom. The highest BCUT2D eigenvalue weighted by molar-refractivity contribution is 4.70. The van der Waals surface area contributed by atoms with Gasteiger partial charge in [0, 0.05) is 0 Å². The molecule has 0 aromatic heterocycles. The van der Waals surface area contributed by atoms with Crippen molar-refractivity contribution in [3.8, 4) is 0 Å². The number of hydrogen-bond acceptors (Lipinski definition) is 5. The summed E-state index contributed by atoms with van der Waals surface area (Å²) >= 11 is 0. The topological polar surface area (TPSA) is 90.2 Å². The molecule has 0 aliphatic carbocycles. The molecule has 0 saturated heterocycles. The largest absolute Gasteiger partial charge is 0.394 e. The molecule has 0 fully saturated rings. The van der Waals surface area contributed by atoms with Crippen LogP contribution in [0.4, 0.5) is 0 Å². The average Bonchev–Trinajstić information content (AvgIpc) is 2.12. The van der Waals surface area contributed by atoms with Gasteiger partial charge in [-0.3, -0.25) is 0 Å². The van der Waals surface area contributed by atoms with Gasteiger partial charge in [0.1, 0.15) is 12.2 Å². The van der Waals surface area contributed by atoms with Crippen LogP contribution in [0.25, 0.3) is 0 Å². The number of ether oxygens (including phenoxy) is 1. The van der Waals surface area contributed by atoms with Crippen molar-refractivity contribution in [2.24, 2.45) is 0 Å². The maximum atomic E-state index is 9.13. The summed E-state index contributed by atoms with van der Waals surface area (Å²) in [5, 5.41) is 35.6. The Morgan fingerprint density at radius 1 is 1.08 bits per heavy atom. The standard InChI is InChI=1S/C8H18O5/c1-5(11)6(2)13-8(4-10)7(12)3-9/h5-12H,3-4H2,1-2H3/t5-,6-,7+,8?/m1/s1. The monoisotopic (exact) mass is 194 g/mol. The minimum absolute atomic E-state index is 0.390. The van der Waals surface area contributed by atoms with Crippen LogP contribution < -0.4 is 0 Å². The van der Waals surface area contributed by atoms with Crippen molar-refractivity contribution in [3.05, 3.63) is 0 Å². The molecule has 80 valence electrons. The van der Waals surface area contributed by atoms with E-state index in [1.165, 1.54) is 0 Å². The fraction of sp³-hybridized carbons (Fsp3) is 1.00. The van der Waals surface area contributed by atoms with E-state index in [0.717, 1.165) is 0 Å². The van der Waals surface area contributed by atoms with Gasteiger partial charge in [-0.2, -0.15) is 0 Å². The number of aliphatic hydroxyl groups is 4. The number of hydrogen-bond donors (Lipinski definition) is 4. The molecule has 1 unspecified atom stereocenters. The first kappa shape index (κ1) is 12.8. The highest BCUT2D eigenvalue weighted by Gasteiger charge is 2.22. The third-order valence-electron chi connectivity index (χ3n) is 1.86. The van der Waals surface area contributed by atoms with Crippen molar-refractivity contribution in [1.82, 2.24) is 0 Å². The molecule has 0 heterocycles. The molecule has 0 bridgehead atoms. The minimum atomic E-state index is -1.12. The van der Waals surface area contributed by atoms with Crippen molar-refractivity contribution in [1.29, 1.82) is 0 Å². The molecular weight excluding hydrogens is 176 g/mol. The van der Waals surface area contributed by atoms with Gasteiger partial charge in [0.15, 0.2) is 0 Å². The zero-order valence-electron chi connectivity index (χ0n) is 7.92. The van der Waals surface area contributed by atoms with E-state index in [-0.39, 0.29) is 0 Å². The molecule has 4 atom stereocenters. The lowest BCUT2D eigenvalue weighted by Crippen LogP contribution is -2.40. The minimum Gasteiger partial charge on any atom is -0.394 e. The molecule has 0 saturated carbocycles. The second-order valence-corrected chi connectivity index (χ2v) is 3.05. The van der Waals surface area contributed by atoms with Crippen LogP contribution in [0, 0.1) is 0 Å². The molecule has 0 aromatic carbocycles. The SMILES string of the molecule is C[C@@H](O)[C@@H](C)OC(CO)[C@@H](O)CO. The van der Waals surface area contributed by atoms with Gasteiger partial charge in [-0.15, -0.1) is 0 Å². The third kappa shape index (κ3) is 4.54. The molecule has 0 spiro atoms. The molecule has 0 amide bonds. The molecule has 13 heavy (non-hydrogen) atoms. The van der Waals surface area contributed by atoms with E-state index in [1.807, 2.05) is 0 Å². The van der Waals surface area contributed by atoms with Gasteiger partial charge in [-0.25, -0.2) is 0 Å². The van der Waals surface area contributed by atoms with Crippen LogP contribution in [0.3, 0.4) is 0 Å². The van der Waals surface area contributed by atoms with E-state index in [1.54, 1.807) is 13.8 Å². The summed E-state index contributed by atoms with van der Waals surface area (Å²) in [4.78, 5) is 0. The zero-order valence-corrected chi connectivity index (χ0v) is 7.92. The summed E-state index contributed by atoms with van der Waals surface area (Å²) in [5.41, 5.74) is 0. The van der Waals surface area contributed by atoms with Gasteiger partial charge < -0.3 is 25.2 Å². The van der Waals surface area contributed by atoms with Crippen LogP contribution in [0.1, 0.15) is 13.8 Å². The van der Waals surface area contributed by atoms with E-state index in [9.17, 15) is 0 Å². The summed E-state index contributed by atoms with van der Waals surface area (Å²) in [7, 11) is 0. The Morgan fingerprint density at radius 2 is 1.62 bits per heavy atom. The van der Waals surface area contributed by atoms with E-state index in [2.05, 4.69) is 0 Å². The number of aliphatic hydroxyl groups excluding tert-OH is 4. The van der Waals surface area contributed by atoms with Crippen LogP contribution in [-0.4, -0.2) is 58.1 Å². The molecule has 4 N–H and O–H groups in total. The van der Waals surface area contributed by atoms with Crippen LogP contribution >= 0.6 is 0 Å². The van der Waals surface area contributed by atoms with Crippen molar-refractivity contribution in [3.63, 3.8) is 0 Å². The molecule has 0 aliphatic rings. The summed E-state index contributed by atoms with van der Waals surface area (Å²) in [6.07, 6.45) is -3.14. The van der Waals surface area contributed by atoms with Crippen molar-refractivity contribution in [2.45, 2.75) is 38.3 Å². The first-order chi connectivity index (χ1) is 6.02. The fourth-order valence-corrected chi connectivity index (χ4v) is 0.762. The summed E-state index contributed by atoms with van der Waals surface area (Å²) in [6.45, 7) is 2.30. The Balaban J connectivity index is 3.97. The normalized spacial score (nSPS) is 20.8. The van der Waals surface area contributed by atoms with E-state index in [0.29, 0.717) is 0 Å². The van der Waals surface area contributed by atoms with Crippen molar-refractivity contribution >= 4 is 0 Å². The molecule has 0 rings (SSSR count). The Labute approximate surface area is 77.6 Å². The third-order valence-corrected chi connectivity index (χ3v) is 1.86. The summed E-state index contributed by atoms with van der Waals surface area (Å²) < 4.78 is 5.10. The molecule has 0 aliphatic heterocycles. The number of rotatable bonds is 6. The Hall–Kier alpha value is -0.200. The van der Waals surface area contributed by atoms with Gasteiger partial charge >= 0.3 is 0 Å². The van der Waals surface area contributed by atoms with Gasteiger partial charge in [0.25, 0.3) is 0 Å². The van der Waals surface area contributed by atoms with Crippen LogP contribution in [-0.2, 0) is 4.74 Å². The second-order valence-electron chi connectivity index (χ2n) is 3.05. The van der Waals surface area contributed by atoms with Gasteiger partial charge in [0.05, 0.1) is 25.4 Å². The van der Waals surface area contributed by atoms with E-state index < -0.39 is 37.6 Å². The highest BCUT2D eigenvalue weighted by Crippen LogP contribution is 2.06. The van der Waals surface area contributed by atoms with Crippen molar-refractivity contribution in [2.75, 3.05) is 13.2 Å². The molecule has 5 nitrogen and oxygen atoms in total. The summed E-state index contributed by atoms with van der Waals surface area (Å²) in [6, 6.07) is 0. The fourth-order valence-electron chi connectivity index (χ4n) is 0.762. The molecular formula is C8H18O5. The van der Waals surface area contributed by atoms with Gasteiger partial charge in [-0.1, -0.05) is 0 Å². The Bertz CT molecular complexity index is 128. The quantitative estimate of drug-likeness (QED) is 0.412. The Kier molecular flexibility index (Phi) is 6.19. The molecule has 0 radical (unpaired) electrons. The first-order valence-corrected chi connectivity index (χ1v) is 4.26. The lowest BCUT2D eigenvalue weighted by Gasteiger charge is -2.25. The molecule has 5 heteroatoms. The maximum Gasteiger partial charge on any atom is 0.109 e. The smallest absolute Gasteiger partial charge is 0.109 e. The summed E-state index contributed by atoms with van der Waals surface area (Å²) in [5.74, 6) is 0.